The maximum atomic E-state index is 13.8. The van der Waals surface area contributed by atoms with E-state index in [0.29, 0.717) is 21.8 Å². The van der Waals surface area contributed by atoms with Crippen LogP contribution in [0.25, 0.3) is 5.69 Å². The fourth-order valence-electron chi connectivity index (χ4n) is 4.58. The molecule has 0 bridgehead atoms. The summed E-state index contributed by atoms with van der Waals surface area (Å²) in [5.41, 5.74) is 4.58. The molecular weight excluding hydrogens is 543 g/mol. The van der Waals surface area contributed by atoms with Crippen molar-refractivity contribution in [2.45, 2.75) is 36.7 Å². The zero-order valence-electron chi connectivity index (χ0n) is 22.1. The Balaban J connectivity index is 1.48. The van der Waals surface area contributed by atoms with Gasteiger partial charge in [-0.1, -0.05) is 102 Å². The largest absolute Gasteiger partial charge is 0.346 e. The molecule has 5 aromatic rings. The van der Waals surface area contributed by atoms with Gasteiger partial charge in [-0.25, -0.2) is 4.39 Å². The predicted molar refractivity (Wildman–Crippen MR) is 158 cm³/mol. The Morgan fingerprint density at radius 2 is 1.55 bits per heavy atom. The average Bonchev–Trinajstić information content (AvgIpc) is 3.39. The van der Waals surface area contributed by atoms with Crippen molar-refractivity contribution in [3.63, 3.8) is 0 Å². The lowest BCUT2D eigenvalue weighted by atomic mass is 9.90. The molecule has 0 radical (unpaired) electrons. The molecule has 0 aliphatic carbocycles. The minimum Gasteiger partial charge on any atom is -0.346 e. The Hall–Kier alpha value is -3.94. The van der Waals surface area contributed by atoms with Crippen LogP contribution in [0.5, 0.6) is 0 Å². The highest BCUT2D eigenvalue weighted by Crippen LogP contribution is 2.31. The summed E-state index contributed by atoms with van der Waals surface area (Å²) in [5.74, 6) is 0.259. The van der Waals surface area contributed by atoms with Crippen LogP contribution in [0.3, 0.4) is 0 Å². The summed E-state index contributed by atoms with van der Waals surface area (Å²) >= 11 is 7.88. The van der Waals surface area contributed by atoms with E-state index in [-0.39, 0.29) is 11.7 Å². The number of carbonyl (C=O) groups is 1. The second-order valence-electron chi connectivity index (χ2n) is 9.51. The third-order valence-corrected chi connectivity index (χ3v) is 7.86. The molecule has 0 aliphatic heterocycles. The van der Waals surface area contributed by atoms with Crippen molar-refractivity contribution in [1.29, 1.82) is 0 Å². The van der Waals surface area contributed by atoms with E-state index in [4.69, 9.17) is 11.6 Å². The SMILES string of the molecule is Cc1ccc(Cl)cc1-n1c(SCc2ccc(F)cc2)nnc1C(C)NC(=O)C(c1ccccc1)c1ccccc1. The smallest absolute Gasteiger partial charge is 0.232 e. The van der Waals surface area contributed by atoms with Crippen molar-refractivity contribution < 1.29 is 9.18 Å². The summed E-state index contributed by atoms with van der Waals surface area (Å²) in [4.78, 5) is 13.8. The molecule has 4 aromatic carbocycles. The molecule has 0 saturated carbocycles. The third-order valence-electron chi connectivity index (χ3n) is 6.63. The van der Waals surface area contributed by atoms with Crippen LogP contribution >= 0.6 is 23.4 Å². The van der Waals surface area contributed by atoms with E-state index in [1.54, 1.807) is 12.1 Å². The molecule has 0 saturated heterocycles. The molecule has 1 N–H and O–H groups in total. The minimum atomic E-state index is -0.485. The Kier molecular flexibility index (Phi) is 8.63. The molecule has 1 aromatic heterocycles. The molecule has 1 heterocycles. The van der Waals surface area contributed by atoms with Gasteiger partial charge in [-0.2, -0.15) is 0 Å². The molecule has 1 amide bonds. The highest BCUT2D eigenvalue weighted by molar-refractivity contribution is 7.98. The number of nitrogens with one attached hydrogen (secondary N) is 1. The molecule has 1 unspecified atom stereocenters. The number of hydrogen-bond acceptors (Lipinski definition) is 4. The Morgan fingerprint density at radius 1 is 0.925 bits per heavy atom. The van der Waals surface area contributed by atoms with Crippen LogP contribution in [0.4, 0.5) is 4.39 Å². The number of aromatic nitrogens is 3. The molecule has 1 atom stereocenters. The molecule has 40 heavy (non-hydrogen) atoms. The maximum Gasteiger partial charge on any atom is 0.232 e. The minimum absolute atomic E-state index is 0.136. The van der Waals surface area contributed by atoms with E-state index in [2.05, 4.69) is 15.5 Å². The van der Waals surface area contributed by atoms with Crippen LogP contribution in [-0.2, 0) is 10.5 Å². The number of thioether (sulfide) groups is 1. The van der Waals surface area contributed by atoms with Crippen molar-refractivity contribution in [3.8, 4) is 5.69 Å². The maximum absolute atomic E-state index is 13.8. The summed E-state index contributed by atoms with van der Waals surface area (Å²) in [6.45, 7) is 3.90. The van der Waals surface area contributed by atoms with Gasteiger partial charge in [-0.05, 0) is 60.4 Å². The molecule has 202 valence electrons. The predicted octanol–water partition coefficient (Wildman–Crippen LogP) is 7.67. The van der Waals surface area contributed by atoms with Gasteiger partial charge in [0.2, 0.25) is 5.91 Å². The van der Waals surface area contributed by atoms with E-state index < -0.39 is 12.0 Å². The first-order chi connectivity index (χ1) is 19.4. The van der Waals surface area contributed by atoms with Crippen molar-refractivity contribution in [2.24, 2.45) is 0 Å². The lowest BCUT2D eigenvalue weighted by Crippen LogP contribution is -2.33. The van der Waals surface area contributed by atoms with Gasteiger partial charge >= 0.3 is 0 Å². The number of halogens is 2. The second kappa shape index (κ2) is 12.5. The van der Waals surface area contributed by atoms with Crippen molar-refractivity contribution in [2.75, 3.05) is 0 Å². The van der Waals surface area contributed by atoms with Gasteiger partial charge in [-0.15, -0.1) is 10.2 Å². The van der Waals surface area contributed by atoms with Crippen LogP contribution in [0.1, 0.15) is 47.0 Å². The monoisotopic (exact) mass is 570 g/mol. The molecule has 0 aliphatic rings. The molecule has 0 fully saturated rings. The van der Waals surface area contributed by atoms with Gasteiger partial charge < -0.3 is 5.32 Å². The first-order valence-corrected chi connectivity index (χ1v) is 14.3. The lowest BCUT2D eigenvalue weighted by molar-refractivity contribution is -0.122. The van der Waals surface area contributed by atoms with Crippen molar-refractivity contribution >= 4 is 29.3 Å². The summed E-state index contributed by atoms with van der Waals surface area (Å²) < 4.78 is 15.4. The first kappa shape index (κ1) is 27.6. The average molecular weight is 571 g/mol. The summed E-state index contributed by atoms with van der Waals surface area (Å²) in [6.07, 6.45) is 0. The summed E-state index contributed by atoms with van der Waals surface area (Å²) in [5, 5.41) is 13.4. The number of aryl methyl sites for hydroxylation is 1. The summed E-state index contributed by atoms with van der Waals surface area (Å²) in [6, 6.07) is 31.1. The fourth-order valence-corrected chi connectivity index (χ4v) is 5.66. The van der Waals surface area contributed by atoms with E-state index in [1.165, 1.54) is 23.9 Å². The van der Waals surface area contributed by atoms with Crippen LogP contribution in [0.2, 0.25) is 5.02 Å². The number of nitrogens with zero attached hydrogens (tertiary/aromatic N) is 3. The number of carbonyl (C=O) groups excluding carboxylic acids is 1. The Bertz CT molecular complexity index is 1550. The van der Waals surface area contributed by atoms with Crippen molar-refractivity contribution in [1.82, 2.24) is 20.1 Å². The topological polar surface area (TPSA) is 59.8 Å². The number of rotatable bonds is 9. The highest BCUT2D eigenvalue weighted by atomic mass is 35.5. The van der Waals surface area contributed by atoms with Crippen LogP contribution in [0.15, 0.2) is 108 Å². The van der Waals surface area contributed by atoms with E-state index >= 15 is 0 Å². The van der Waals surface area contributed by atoms with Crippen LogP contribution < -0.4 is 5.32 Å². The Labute approximate surface area is 242 Å². The molecular formula is C32H28ClFN4OS. The van der Waals surface area contributed by atoms with Crippen LogP contribution in [-0.4, -0.2) is 20.7 Å². The second-order valence-corrected chi connectivity index (χ2v) is 10.9. The molecule has 5 nitrogen and oxygen atoms in total. The van der Waals surface area contributed by atoms with Gasteiger partial charge in [-0.3, -0.25) is 9.36 Å². The zero-order chi connectivity index (χ0) is 28.1. The number of amides is 1. The van der Waals surface area contributed by atoms with Crippen molar-refractivity contribution in [3.05, 3.63) is 142 Å². The third kappa shape index (κ3) is 6.27. The Morgan fingerprint density at radius 3 is 2.17 bits per heavy atom. The number of hydrogen-bond donors (Lipinski definition) is 1. The quantitative estimate of drug-likeness (QED) is 0.185. The van der Waals surface area contributed by atoms with E-state index in [0.717, 1.165) is 27.9 Å². The van der Waals surface area contributed by atoms with Gasteiger partial charge in [0.25, 0.3) is 0 Å². The summed E-state index contributed by atoms with van der Waals surface area (Å²) in [7, 11) is 0. The standard InChI is InChI=1S/C32H28ClFN4OS/c1-21-13-16-26(33)19-28(21)38-30(36-37-32(38)40-20-23-14-17-27(34)18-15-23)22(2)35-31(39)29(24-9-5-3-6-10-24)25-11-7-4-8-12-25/h3-19,22,29H,20H2,1-2H3,(H,35,39). The van der Waals surface area contributed by atoms with Gasteiger partial charge in [0.15, 0.2) is 11.0 Å². The highest BCUT2D eigenvalue weighted by Gasteiger charge is 2.27. The molecule has 5 rings (SSSR count). The van der Waals surface area contributed by atoms with E-state index in [1.807, 2.05) is 97.3 Å². The number of benzene rings is 4. The fraction of sp³-hybridized carbons (Fsp3) is 0.156. The molecule has 0 spiro atoms. The normalized spacial score (nSPS) is 11.9. The van der Waals surface area contributed by atoms with Crippen LogP contribution in [0, 0.1) is 12.7 Å². The van der Waals surface area contributed by atoms with E-state index in [9.17, 15) is 9.18 Å². The zero-order valence-corrected chi connectivity index (χ0v) is 23.7. The lowest BCUT2D eigenvalue weighted by Gasteiger charge is -2.22. The molecule has 8 heteroatoms. The first-order valence-electron chi connectivity index (χ1n) is 12.9. The van der Waals surface area contributed by atoms with Gasteiger partial charge in [0, 0.05) is 10.8 Å². The van der Waals surface area contributed by atoms with Gasteiger partial charge in [0.1, 0.15) is 5.82 Å². The van der Waals surface area contributed by atoms with Gasteiger partial charge in [0.05, 0.1) is 17.6 Å².